The van der Waals surface area contributed by atoms with E-state index in [4.69, 9.17) is 5.11 Å². The fourth-order valence-electron chi connectivity index (χ4n) is 0.573. The lowest BCUT2D eigenvalue weighted by Gasteiger charge is -2.04. The van der Waals surface area contributed by atoms with Gasteiger partial charge in [-0.05, 0) is 6.92 Å². The Morgan fingerprint density at radius 2 is 2.15 bits per heavy atom. The van der Waals surface area contributed by atoms with Crippen LogP contribution in [0.2, 0.25) is 0 Å². The van der Waals surface area contributed by atoms with Crippen LogP contribution in [0.1, 0.15) is 6.92 Å². The zero-order valence-electron chi connectivity index (χ0n) is 7.32. The van der Waals surface area contributed by atoms with Gasteiger partial charge in [0, 0.05) is 0 Å². The van der Waals surface area contributed by atoms with Gasteiger partial charge >= 0.3 is 5.97 Å². The van der Waals surface area contributed by atoms with Gasteiger partial charge in [0.25, 0.3) is 0 Å². The highest BCUT2D eigenvalue weighted by molar-refractivity contribution is 7.89. The molecule has 0 fully saturated rings. The van der Waals surface area contributed by atoms with E-state index in [0.717, 1.165) is 0 Å². The normalized spacial score (nSPS) is 11.2. The Balaban J connectivity index is 3.81. The maximum atomic E-state index is 10.9. The Bertz CT molecular complexity index is 248. The van der Waals surface area contributed by atoms with Gasteiger partial charge in [0.05, 0.1) is 19.0 Å². The van der Waals surface area contributed by atoms with Crippen LogP contribution in [0, 0.1) is 0 Å². The lowest BCUT2D eigenvalue weighted by molar-refractivity contribution is -0.141. The quantitative estimate of drug-likeness (QED) is 0.519. The maximum Gasteiger partial charge on any atom is 0.320 e. The number of ether oxygens (including phenoxy) is 1. The van der Waals surface area contributed by atoms with Crippen molar-refractivity contribution in [2.75, 3.05) is 25.5 Å². The summed E-state index contributed by atoms with van der Waals surface area (Å²) in [4.78, 5) is 10.7. The SMILES string of the molecule is CCOC(=O)CNS(=O)(=O)CCO. The van der Waals surface area contributed by atoms with Crippen LogP contribution in [0.3, 0.4) is 0 Å². The summed E-state index contributed by atoms with van der Waals surface area (Å²) < 4.78 is 28.2. The van der Waals surface area contributed by atoms with E-state index in [-0.39, 0.29) is 6.61 Å². The van der Waals surface area contributed by atoms with Crippen molar-refractivity contribution >= 4 is 16.0 Å². The summed E-state index contributed by atoms with van der Waals surface area (Å²) in [6, 6.07) is 0. The number of esters is 1. The maximum absolute atomic E-state index is 10.9. The van der Waals surface area contributed by atoms with E-state index in [0.29, 0.717) is 0 Å². The first-order valence-electron chi connectivity index (χ1n) is 3.75. The molecule has 0 aromatic carbocycles. The molecule has 0 radical (unpaired) electrons. The smallest absolute Gasteiger partial charge is 0.320 e. The van der Waals surface area contributed by atoms with E-state index in [1.54, 1.807) is 6.92 Å². The third-order valence-electron chi connectivity index (χ3n) is 1.10. The van der Waals surface area contributed by atoms with Crippen molar-refractivity contribution in [2.24, 2.45) is 0 Å². The van der Waals surface area contributed by atoms with Crippen LogP contribution < -0.4 is 4.72 Å². The standard InChI is InChI=1S/C6H13NO5S/c1-2-12-6(9)5-7-13(10,11)4-3-8/h7-8H,2-5H2,1H3. The van der Waals surface area contributed by atoms with Crippen LogP contribution in [0.25, 0.3) is 0 Å². The summed E-state index contributed by atoms with van der Waals surface area (Å²) in [6.45, 7) is 0.967. The Morgan fingerprint density at radius 1 is 1.54 bits per heavy atom. The van der Waals surface area contributed by atoms with Crippen molar-refractivity contribution in [1.82, 2.24) is 4.72 Å². The molecule has 13 heavy (non-hydrogen) atoms. The minimum Gasteiger partial charge on any atom is -0.465 e. The van der Waals surface area contributed by atoms with Gasteiger partial charge in [0.15, 0.2) is 0 Å². The first-order chi connectivity index (χ1) is 6.02. The highest BCUT2D eigenvalue weighted by Crippen LogP contribution is 1.83. The van der Waals surface area contributed by atoms with E-state index >= 15 is 0 Å². The van der Waals surface area contributed by atoms with Gasteiger partial charge in [-0.2, -0.15) is 0 Å². The second kappa shape index (κ2) is 5.90. The number of sulfonamides is 1. The van der Waals surface area contributed by atoms with Gasteiger partial charge in [-0.1, -0.05) is 0 Å². The van der Waals surface area contributed by atoms with Crippen LogP contribution in [-0.2, 0) is 19.6 Å². The number of nitrogens with one attached hydrogen (secondary N) is 1. The number of aliphatic hydroxyl groups excluding tert-OH is 1. The predicted molar refractivity (Wildman–Crippen MR) is 45.5 cm³/mol. The van der Waals surface area contributed by atoms with Gasteiger partial charge in [0.1, 0.15) is 6.54 Å². The van der Waals surface area contributed by atoms with E-state index in [1.165, 1.54) is 0 Å². The summed E-state index contributed by atoms with van der Waals surface area (Å²) in [7, 11) is -3.55. The number of carbonyl (C=O) groups is 1. The molecule has 78 valence electrons. The average molecular weight is 211 g/mol. The zero-order chi connectivity index (χ0) is 10.3. The minimum atomic E-state index is -3.55. The average Bonchev–Trinajstić information content (AvgIpc) is 2.02. The Labute approximate surface area is 76.9 Å². The van der Waals surface area contributed by atoms with Gasteiger partial charge in [-0.3, -0.25) is 4.79 Å². The van der Waals surface area contributed by atoms with Crippen molar-refractivity contribution in [3.05, 3.63) is 0 Å². The molecule has 0 saturated carbocycles. The molecule has 0 aliphatic rings. The number of hydrogen-bond donors (Lipinski definition) is 2. The zero-order valence-corrected chi connectivity index (χ0v) is 8.13. The van der Waals surface area contributed by atoms with E-state index in [2.05, 4.69) is 4.74 Å². The first-order valence-corrected chi connectivity index (χ1v) is 5.41. The molecule has 0 spiro atoms. The second-order valence-electron chi connectivity index (χ2n) is 2.17. The van der Waals surface area contributed by atoms with Crippen LogP contribution in [0.15, 0.2) is 0 Å². The lowest BCUT2D eigenvalue weighted by atomic mass is 10.7. The molecule has 7 heteroatoms. The number of rotatable bonds is 6. The third-order valence-corrected chi connectivity index (χ3v) is 2.41. The Morgan fingerprint density at radius 3 is 2.62 bits per heavy atom. The van der Waals surface area contributed by atoms with E-state index < -0.39 is 34.9 Å². The van der Waals surface area contributed by atoms with Crippen molar-refractivity contribution in [3.8, 4) is 0 Å². The fraction of sp³-hybridized carbons (Fsp3) is 0.833. The predicted octanol–water partition coefficient (Wildman–Crippen LogP) is -1.54. The molecule has 0 bridgehead atoms. The largest absolute Gasteiger partial charge is 0.465 e. The Kier molecular flexibility index (Phi) is 5.60. The summed E-state index contributed by atoms with van der Waals surface area (Å²) in [5.41, 5.74) is 0. The van der Waals surface area contributed by atoms with Gasteiger partial charge in [-0.15, -0.1) is 0 Å². The summed E-state index contributed by atoms with van der Waals surface area (Å²) in [5, 5.41) is 8.34. The molecule has 0 heterocycles. The monoisotopic (exact) mass is 211 g/mol. The van der Waals surface area contributed by atoms with Gasteiger partial charge < -0.3 is 9.84 Å². The third kappa shape index (κ3) is 6.50. The molecule has 0 atom stereocenters. The molecule has 6 nitrogen and oxygen atoms in total. The van der Waals surface area contributed by atoms with Crippen molar-refractivity contribution < 1.29 is 23.1 Å². The number of carbonyl (C=O) groups excluding carboxylic acids is 1. The van der Waals surface area contributed by atoms with Crippen molar-refractivity contribution in [3.63, 3.8) is 0 Å². The van der Waals surface area contributed by atoms with Crippen LogP contribution in [0.5, 0.6) is 0 Å². The van der Waals surface area contributed by atoms with Crippen LogP contribution in [0.4, 0.5) is 0 Å². The van der Waals surface area contributed by atoms with Gasteiger partial charge in [0.2, 0.25) is 10.0 Å². The molecule has 0 aliphatic heterocycles. The summed E-state index contributed by atoms with van der Waals surface area (Å²) >= 11 is 0. The lowest BCUT2D eigenvalue weighted by Crippen LogP contribution is -2.33. The molecule has 0 rings (SSSR count). The number of hydrogen-bond acceptors (Lipinski definition) is 5. The highest BCUT2D eigenvalue weighted by Gasteiger charge is 2.11. The van der Waals surface area contributed by atoms with Crippen molar-refractivity contribution in [2.45, 2.75) is 6.92 Å². The van der Waals surface area contributed by atoms with E-state index in [9.17, 15) is 13.2 Å². The summed E-state index contributed by atoms with van der Waals surface area (Å²) in [5.74, 6) is -1.05. The Hall–Kier alpha value is -0.660. The molecule has 0 aromatic heterocycles. The fourth-order valence-corrected chi connectivity index (χ4v) is 1.30. The second-order valence-corrected chi connectivity index (χ2v) is 4.10. The molecule has 0 saturated heterocycles. The number of aliphatic hydroxyl groups is 1. The molecular formula is C6H13NO5S. The molecule has 2 N–H and O–H groups in total. The molecule has 0 amide bonds. The van der Waals surface area contributed by atoms with Crippen LogP contribution in [-0.4, -0.2) is 45.0 Å². The van der Waals surface area contributed by atoms with Crippen LogP contribution >= 0.6 is 0 Å². The molecule has 0 aromatic rings. The first kappa shape index (κ1) is 12.3. The molecule has 0 unspecified atom stereocenters. The highest BCUT2D eigenvalue weighted by atomic mass is 32.2. The molecular weight excluding hydrogens is 198 g/mol. The van der Waals surface area contributed by atoms with Gasteiger partial charge in [-0.25, -0.2) is 13.1 Å². The van der Waals surface area contributed by atoms with E-state index in [1.807, 2.05) is 4.72 Å². The topological polar surface area (TPSA) is 92.7 Å². The minimum absolute atomic E-state index is 0.209. The summed E-state index contributed by atoms with van der Waals surface area (Å²) in [6.07, 6.45) is 0. The molecule has 0 aliphatic carbocycles. The van der Waals surface area contributed by atoms with Crippen molar-refractivity contribution in [1.29, 1.82) is 0 Å².